The highest BCUT2D eigenvalue weighted by Crippen LogP contribution is 2.31. The van der Waals surface area contributed by atoms with Gasteiger partial charge in [-0.05, 0) is 30.5 Å². The average Bonchev–Trinajstić information content (AvgIpc) is 3.27. The Labute approximate surface area is 158 Å². The van der Waals surface area contributed by atoms with Crippen LogP contribution in [0.15, 0.2) is 24.4 Å². The third-order valence-corrected chi connectivity index (χ3v) is 5.38. The molecule has 0 spiro atoms. The molecule has 1 aliphatic heterocycles. The standard InChI is InChI=1S/C17H16ClFN2O4S/c18-10-4-3-9(6-11(10)19)12(7-15(22)23)21-16(24)14-8-20-17(26-14)13-2-1-5-25-13/h3-4,6,8,12-13H,1-2,5,7H2,(H,21,24)(H,22,23). The number of aliphatic carboxylic acids is 1. The molecule has 2 atom stereocenters. The van der Waals surface area contributed by atoms with Crippen LogP contribution >= 0.6 is 22.9 Å². The van der Waals surface area contributed by atoms with Gasteiger partial charge >= 0.3 is 5.97 Å². The molecule has 2 N–H and O–H groups in total. The number of rotatable bonds is 6. The third-order valence-electron chi connectivity index (χ3n) is 3.98. The van der Waals surface area contributed by atoms with Gasteiger partial charge in [0.05, 0.1) is 23.7 Å². The van der Waals surface area contributed by atoms with Crippen molar-refractivity contribution in [1.82, 2.24) is 10.3 Å². The van der Waals surface area contributed by atoms with E-state index in [9.17, 15) is 14.0 Å². The summed E-state index contributed by atoms with van der Waals surface area (Å²) in [4.78, 5) is 28.2. The van der Waals surface area contributed by atoms with Gasteiger partial charge in [0.15, 0.2) is 0 Å². The third kappa shape index (κ3) is 4.38. The Hall–Kier alpha value is -2.03. The van der Waals surface area contributed by atoms with E-state index in [-0.39, 0.29) is 17.5 Å². The fourth-order valence-electron chi connectivity index (χ4n) is 2.70. The molecule has 0 radical (unpaired) electrons. The Balaban J connectivity index is 1.76. The van der Waals surface area contributed by atoms with Crippen molar-refractivity contribution >= 4 is 34.8 Å². The lowest BCUT2D eigenvalue weighted by Gasteiger charge is -2.17. The number of hydrogen-bond donors (Lipinski definition) is 2. The largest absolute Gasteiger partial charge is 0.481 e. The lowest BCUT2D eigenvalue weighted by Crippen LogP contribution is -2.29. The van der Waals surface area contributed by atoms with Crippen molar-refractivity contribution < 1.29 is 23.8 Å². The molecule has 2 heterocycles. The maximum atomic E-state index is 13.7. The van der Waals surface area contributed by atoms with Gasteiger partial charge in [-0.2, -0.15) is 0 Å². The Morgan fingerprint density at radius 3 is 2.96 bits per heavy atom. The first-order valence-corrected chi connectivity index (χ1v) is 9.18. The number of carbonyl (C=O) groups is 2. The summed E-state index contributed by atoms with van der Waals surface area (Å²) in [7, 11) is 0. The number of ether oxygens (including phenoxy) is 1. The van der Waals surface area contributed by atoms with Crippen molar-refractivity contribution in [2.24, 2.45) is 0 Å². The van der Waals surface area contributed by atoms with Crippen LogP contribution in [0, 0.1) is 5.82 Å². The molecule has 1 saturated heterocycles. The van der Waals surface area contributed by atoms with E-state index in [1.807, 2.05) is 0 Å². The molecule has 6 nitrogen and oxygen atoms in total. The minimum absolute atomic E-state index is 0.0715. The maximum Gasteiger partial charge on any atom is 0.305 e. The van der Waals surface area contributed by atoms with Crippen LogP contribution in [0.1, 0.15) is 51.7 Å². The van der Waals surface area contributed by atoms with Gasteiger partial charge in [-0.3, -0.25) is 9.59 Å². The van der Waals surface area contributed by atoms with Gasteiger partial charge in [0.2, 0.25) is 0 Å². The molecule has 0 saturated carbocycles. The Morgan fingerprint density at radius 1 is 1.50 bits per heavy atom. The minimum atomic E-state index is -1.12. The lowest BCUT2D eigenvalue weighted by molar-refractivity contribution is -0.137. The molecule has 9 heteroatoms. The first-order valence-electron chi connectivity index (χ1n) is 7.99. The smallest absolute Gasteiger partial charge is 0.305 e. The van der Waals surface area contributed by atoms with Crippen LogP contribution in [0.4, 0.5) is 4.39 Å². The molecule has 1 fully saturated rings. The second kappa shape index (κ2) is 8.11. The van der Waals surface area contributed by atoms with Gasteiger partial charge in [-0.1, -0.05) is 17.7 Å². The van der Waals surface area contributed by atoms with E-state index in [0.717, 1.165) is 23.9 Å². The molecule has 2 unspecified atom stereocenters. The number of nitrogens with one attached hydrogen (secondary N) is 1. The van der Waals surface area contributed by atoms with Crippen molar-refractivity contribution in [3.05, 3.63) is 50.7 Å². The highest BCUT2D eigenvalue weighted by atomic mass is 35.5. The predicted molar refractivity (Wildman–Crippen MR) is 93.9 cm³/mol. The van der Waals surface area contributed by atoms with Gasteiger partial charge in [0.1, 0.15) is 21.8 Å². The first-order chi connectivity index (χ1) is 12.4. The lowest BCUT2D eigenvalue weighted by atomic mass is 10.0. The topological polar surface area (TPSA) is 88.5 Å². The van der Waals surface area contributed by atoms with E-state index >= 15 is 0 Å². The number of amides is 1. The van der Waals surface area contributed by atoms with Gasteiger partial charge in [0.25, 0.3) is 5.91 Å². The number of aromatic nitrogens is 1. The summed E-state index contributed by atoms with van der Waals surface area (Å²) in [6.07, 6.45) is 2.78. The summed E-state index contributed by atoms with van der Waals surface area (Å²) < 4.78 is 19.2. The zero-order chi connectivity index (χ0) is 18.7. The van der Waals surface area contributed by atoms with E-state index in [1.54, 1.807) is 0 Å². The van der Waals surface area contributed by atoms with Gasteiger partial charge in [0, 0.05) is 6.61 Å². The fraction of sp³-hybridized carbons (Fsp3) is 0.353. The summed E-state index contributed by atoms with van der Waals surface area (Å²) in [5, 5.41) is 12.4. The molecular weight excluding hydrogens is 383 g/mol. The number of hydrogen-bond acceptors (Lipinski definition) is 5. The van der Waals surface area contributed by atoms with Crippen molar-refractivity contribution in [1.29, 1.82) is 0 Å². The van der Waals surface area contributed by atoms with E-state index in [2.05, 4.69) is 10.3 Å². The normalized spacial score (nSPS) is 17.8. The molecule has 2 aromatic rings. The average molecular weight is 399 g/mol. The molecule has 0 bridgehead atoms. The van der Waals surface area contributed by atoms with Crippen LogP contribution in [0.2, 0.25) is 5.02 Å². The molecule has 1 amide bonds. The van der Waals surface area contributed by atoms with E-state index < -0.39 is 23.7 Å². The van der Waals surface area contributed by atoms with Crippen LogP contribution in [0.25, 0.3) is 0 Å². The molecule has 1 aromatic carbocycles. The van der Waals surface area contributed by atoms with Crippen molar-refractivity contribution in [3.63, 3.8) is 0 Å². The Bertz CT molecular complexity index is 823. The summed E-state index contributed by atoms with van der Waals surface area (Å²) in [5.74, 6) is -2.25. The molecule has 1 aromatic heterocycles. The van der Waals surface area contributed by atoms with Crippen molar-refractivity contribution in [2.75, 3.05) is 6.61 Å². The first kappa shape index (κ1) is 18.8. The number of carboxylic acids is 1. The predicted octanol–water partition coefficient (Wildman–Crippen LogP) is 3.73. The zero-order valence-corrected chi connectivity index (χ0v) is 15.1. The number of benzene rings is 1. The molecule has 3 rings (SSSR count). The highest BCUT2D eigenvalue weighted by Gasteiger charge is 2.24. The van der Waals surface area contributed by atoms with Crippen LogP contribution in [0.5, 0.6) is 0 Å². The second-order valence-corrected chi connectivity index (χ2v) is 7.33. The van der Waals surface area contributed by atoms with E-state index in [1.165, 1.54) is 29.7 Å². The van der Waals surface area contributed by atoms with Crippen LogP contribution in [0.3, 0.4) is 0 Å². The number of thiazole rings is 1. The van der Waals surface area contributed by atoms with E-state index in [4.69, 9.17) is 21.4 Å². The van der Waals surface area contributed by atoms with Gasteiger partial charge < -0.3 is 15.2 Å². The van der Waals surface area contributed by atoms with Gasteiger partial charge in [-0.15, -0.1) is 11.3 Å². The number of carboxylic acid groups (broad SMARTS) is 1. The summed E-state index contributed by atoms with van der Waals surface area (Å²) in [6, 6.07) is 3.06. The Kier molecular flexibility index (Phi) is 5.85. The Morgan fingerprint density at radius 2 is 2.31 bits per heavy atom. The monoisotopic (exact) mass is 398 g/mol. The number of carbonyl (C=O) groups excluding carboxylic acids is 1. The summed E-state index contributed by atoms with van der Waals surface area (Å²) >= 11 is 6.87. The molecule has 26 heavy (non-hydrogen) atoms. The maximum absolute atomic E-state index is 13.7. The summed E-state index contributed by atoms with van der Waals surface area (Å²) in [6.45, 7) is 0.675. The van der Waals surface area contributed by atoms with E-state index in [0.29, 0.717) is 17.0 Å². The zero-order valence-electron chi connectivity index (χ0n) is 13.6. The van der Waals surface area contributed by atoms with Crippen LogP contribution < -0.4 is 5.32 Å². The quantitative estimate of drug-likeness (QED) is 0.773. The van der Waals surface area contributed by atoms with Crippen LogP contribution in [-0.4, -0.2) is 28.6 Å². The van der Waals surface area contributed by atoms with Crippen molar-refractivity contribution in [2.45, 2.75) is 31.4 Å². The highest BCUT2D eigenvalue weighted by molar-refractivity contribution is 7.13. The minimum Gasteiger partial charge on any atom is -0.481 e. The SMILES string of the molecule is O=C(O)CC(NC(=O)c1cnc(C2CCCO2)s1)c1ccc(Cl)c(F)c1. The van der Waals surface area contributed by atoms with Crippen molar-refractivity contribution in [3.8, 4) is 0 Å². The molecule has 1 aliphatic rings. The molecular formula is C17H16ClFN2O4S. The fourth-order valence-corrected chi connectivity index (χ4v) is 3.72. The van der Waals surface area contributed by atoms with Gasteiger partial charge in [-0.25, -0.2) is 9.37 Å². The summed E-state index contributed by atoms with van der Waals surface area (Å²) in [5.41, 5.74) is 0.325. The molecule has 138 valence electrons. The number of halogens is 2. The number of nitrogens with zero attached hydrogens (tertiary/aromatic N) is 1. The second-order valence-electron chi connectivity index (χ2n) is 5.86. The molecule has 0 aliphatic carbocycles. The van der Waals surface area contributed by atoms with Crippen LogP contribution in [-0.2, 0) is 9.53 Å².